The van der Waals surface area contributed by atoms with E-state index in [1.54, 1.807) is 31.2 Å². The van der Waals surface area contributed by atoms with Gasteiger partial charge in [0.05, 0.1) is 42.3 Å². The summed E-state index contributed by atoms with van der Waals surface area (Å²) in [6.45, 7) is 5.37. The van der Waals surface area contributed by atoms with E-state index in [1.165, 1.54) is 20.1 Å². The fraction of sp³-hybridized carbons (Fsp3) is 0.370. The molecular formula is C27H30N2O7S. The topological polar surface area (TPSA) is 119 Å². The van der Waals surface area contributed by atoms with Crippen LogP contribution in [-0.4, -0.2) is 56.8 Å². The van der Waals surface area contributed by atoms with E-state index in [2.05, 4.69) is 17.2 Å². The maximum Gasteiger partial charge on any atom is 0.264 e. The van der Waals surface area contributed by atoms with Gasteiger partial charge in [-0.1, -0.05) is 24.8 Å². The number of nitrogens with one attached hydrogen (secondary N) is 1. The highest BCUT2D eigenvalue weighted by Crippen LogP contribution is 2.39. The second kappa shape index (κ2) is 11.5. The van der Waals surface area contributed by atoms with Gasteiger partial charge in [-0.3, -0.25) is 19.3 Å². The number of hydrogen-bond acceptors (Lipinski definition) is 7. The van der Waals surface area contributed by atoms with Crippen LogP contribution < -0.4 is 14.8 Å². The van der Waals surface area contributed by atoms with Gasteiger partial charge >= 0.3 is 0 Å². The molecule has 37 heavy (non-hydrogen) atoms. The van der Waals surface area contributed by atoms with E-state index < -0.39 is 39.4 Å². The molecule has 10 heteroatoms. The second-order valence-corrected chi connectivity index (χ2v) is 10.8. The molecule has 0 aliphatic carbocycles. The maximum absolute atomic E-state index is 13.8. The molecule has 0 radical (unpaired) electrons. The number of benzene rings is 2. The van der Waals surface area contributed by atoms with Crippen molar-refractivity contribution in [3.63, 3.8) is 0 Å². The van der Waals surface area contributed by atoms with Gasteiger partial charge in [0, 0.05) is 25.2 Å². The van der Waals surface area contributed by atoms with Gasteiger partial charge in [-0.2, -0.15) is 0 Å². The van der Waals surface area contributed by atoms with Crippen LogP contribution in [-0.2, 0) is 14.6 Å². The Morgan fingerprint density at radius 1 is 1.08 bits per heavy atom. The third-order valence-corrected chi connectivity index (χ3v) is 6.55. The van der Waals surface area contributed by atoms with Crippen molar-refractivity contribution < 1.29 is 32.3 Å². The molecule has 2 aromatic carbocycles. The Morgan fingerprint density at radius 2 is 1.78 bits per heavy atom. The van der Waals surface area contributed by atoms with Crippen molar-refractivity contribution in [3.05, 3.63) is 52.6 Å². The SMILES string of the molecule is CCCC#Cc1ccc(NC(C)=O)c2c1C(=O)N([C@H](CS(C)(=O)=O)c1ccc(OC)c(OCC)c1)C2=O. The summed E-state index contributed by atoms with van der Waals surface area (Å²) in [5, 5.41) is 2.60. The van der Waals surface area contributed by atoms with Crippen molar-refractivity contribution >= 4 is 33.2 Å². The summed E-state index contributed by atoms with van der Waals surface area (Å²) in [6.07, 6.45) is 2.45. The number of carbonyl (C=O) groups is 3. The van der Waals surface area contributed by atoms with E-state index in [4.69, 9.17) is 9.47 Å². The fourth-order valence-corrected chi connectivity index (χ4v) is 5.03. The lowest BCUT2D eigenvalue weighted by atomic mass is 10.0. The molecule has 0 saturated carbocycles. The molecule has 0 saturated heterocycles. The summed E-state index contributed by atoms with van der Waals surface area (Å²) in [7, 11) is -2.18. The number of hydrogen-bond donors (Lipinski definition) is 1. The van der Waals surface area contributed by atoms with Crippen LogP contribution in [0, 0.1) is 11.8 Å². The average Bonchev–Trinajstić information content (AvgIpc) is 3.09. The van der Waals surface area contributed by atoms with Crippen molar-refractivity contribution in [2.75, 3.05) is 31.0 Å². The lowest BCUT2D eigenvalue weighted by Gasteiger charge is -2.27. The minimum absolute atomic E-state index is 0.0134. The number of nitrogens with zero attached hydrogens (tertiary/aromatic N) is 1. The smallest absolute Gasteiger partial charge is 0.264 e. The summed E-state index contributed by atoms with van der Waals surface area (Å²) >= 11 is 0. The van der Waals surface area contributed by atoms with E-state index in [0.29, 0.717) is 35.7 Å². The van der Waals surface area contributed by atoms with Crippen molar-refractivity contribution in [2.45, 2.75) is 39.7 Å². The molecule has 0 bridgehead atoms. The fourth-order valence-electron chi connectivity index (χ4n) is 4.12. The first-order valence-corrected chi connectivity index (χ1v) is 13.9. The summed E-state index contributed by atoms with van der Waals surface area (Å²) in [5.74, 6) is 4.37. The first-order chi connectivity index (χ1) is 17.5. The number of fused-ring (bicyclic) bond motifs is 1. The third-order valence-electron chi connectivity index (χ3n) is 5.62. The van der Waals surface area contributed by atoms with Crippen molar-refractivity contribution in [1.82, 2.24) is 4.90 Å². The first kappa shape index (κ1) is 27.7. The standard InChI is InChI=1S/C27H30N2O7S/c1-6-8-9-10-18-11-13-20(28-17(3)30)25-24(18)26(31)29(27(25)32)21(16-37(5,33)34)19-12-14-22(35-4)23(15-19)36-7-2/h11-15,21H,6-8,16H2,1-5H3,(H,28,30)/t21-/m1/s1. The molecule has 0 fully saturated rings. The van der Waals surface area contributed by atoms with Crippen molar-refractivity contribution in [1.29, 1.82) is 0 Å². The zero-order valence-electron chi connectivity index (χ0n) is 21.5. The van der Waals surface area contributed by atoms with E-state index in [1.807, 2.05) is 6.92 Å². The quantitative estimate of drug-likeness (QED) is 0.392. The Kier molecular flexibility index (Phi) is 8.61. The van der Waals surface area contributed by atoms with Gasteiger partial charge in [0.2, 0.25) is 5.91 Å². The van der Waals surface area contributed by atoms with E-state index >= 15 is 0 Å². The van der Waals surface area contributed by atoms with Crippen LogP contribution in [0.15, 0.2) is 30.3 Å². The average molecular weight is 527 g/mol. The highest BCUT2D eigenvalue weighted by molar-refractivity contribution is 7.90. The lowest BCUT2D eigenvalue weighted by molar-refractivity contribution is -0.114. The highest BCUT2D eigenvalue weighted by atomic mass is 32.2. The summed E-state index contributed by atoms with van der Waals surface area (Å²) in [5.41, 5.74) is 0.898. The number of imide groups is 1. The third kappa shape index (κ3) is 6.12. The molecule has 9 nitrogen and oxygen atoms in total. The molecule has 196 valence electrons. The van der Waals surface area contributed by atoms with Gasteiger partial charge in [0.25, 0.3) is 11.8 Å². The lowest BCUT2D eigenvalue weighted by Crippen LogP contribution is -2.38. The van der Waals surface area contributed by atoms with E-state index in [-0.39, 0.29) is 16.8 Å². The number of rotatable bonds is 9. The zero-order valence-corrected chi connectivity index (χ0v) is 22.3. The summed E-state index contributed by atoms with van der Waals surface area (Å²) < 4.78 is 35.9. The maximum atomic E-state index is 13.8. The van der Waals surface area contributed by atoms with E-state index in [9.17, 15) is 22.8 Å². The highest BCUT2D eigenvalue weighted by Gasteiger charge is 2.44. The number of amides is 3. The second-order valence-electron chi connectivity index (χ2n) is 8.58. The number of anilines is 1. The van der Waals surface area contributed by atoms with Crippen LogP contribution in [0.5, 0.6) is 11.5 Å². The molecule has 0 spiro atoms. The Bertz CT molecular complexity index is 1400. The van der Waals surface area contributed by atoms with Crippen molar-refractivity contribution in [3.8, 4) is 23.3 Å². The van der Waals surface area contributed by atoms with Gasteiger partial charge < -0.3 is 14.8 Å². The first-order valence-electron chi connectivity index (χ1n) is 11.8. The number of carbonyl (C=O) groups excluding carboxylic acids is 3. The Balaban J connectivity index is 2.22. The minimum Gasteiger partial charge on any atom is -0.493 e. The number of ether oxygens (including phenoxy) is 2. The summed E-state index contributed by atoms with van der Waals surface area (Å²) in [6, 6.07) is 6.70. The zero-order chi connectivity index (χ0) is 27.3. The van der Waals surface area contributed by atoms with E-state index in [0.717, 1.165) is 17.6 Å². The number of unbranched alkanes of at least 4 members (excludes halogenated alkanes) is 1. The minimum atomic E-state index is -3.66. The predicted octanol–water partition coefficient (Wildman–Crippen LogP) is 3.59. The normalized spacial score (nSPS) is 13.5. The molecule has 3 rings (SSSR count). The molecule has 1 N–H and O–H groups in total. The Hall–Kier alpha value is -3.84. The van der Waals surface area contributed by atoms with Crippen molar-refractivity contribution in [2.24, 2.45) is 0 Å². The molecule has 1 atom stereocenters. The molecule has 0 aromatic heterocycles. The molecule has 0 unspecified atom stereocenters. The Morgan fingerprint density at radius 3 is 2.38 bits per heavy atom. The van der Waals surface area contributed by atoms with Crippen LogP contribution in [0.1, 0.15) is 71.5 Å². The summed E-state index contributed by atoms with van der Waals surface area (Å²) in [4.78, 5) is 40.3. The molecule has 1 heterocycles. The van der Waals surface area contributed by atoms with Gasteiger partial charge in [0.15, 0.2) is 11.5 Å². The molecule has 1 aliphatic rings. The molecule has 1 aliphatic heterocycles. The van der Waals surface area contributed by atoms with Crippen LogP contribution in [0.4, 0.5) is 5.69 Å². The predicted molar refractivity (Wildman–Crippen MR) is 140 cm³/mol. The van der Waals surface area contributed by atoms with Gasteiger partial charge in [-0.05, 0) is 43.2 Å². The monoisotopic (exact) mass is 526 g/mol. The largest absolute Gasteiger partial charge is 0.493 e. The van der Waals surface area contributed by atoms with Gasteiger partial charge in [0.1, 0.15) is 9.84 Å². The number of sulfone groups is 1. The molecule has 2 aromatic rings. The number of methoxy groups -OCH3 is 1. The van der Waals surface area contributed by atoms with Gasteiger partial charge in [-0.15, -0.1) is 0 Å². The van der Waals surface area contributed by atoms with Crippen LogP contribution in [0.3, 0.4) is 0 Å². The van der Waals surface area contributed by atoms with Crippen LogP contribution >= 0.6 is 0 Å². The van der Waals surface area contributed by atoms with Crippen LogP contribution in [0.25, 0.3) is 0 Å². The molecular weight excluding hydrogens is 496 g/mol. The molecule has 3 amide bonds. The van der Waals surface area contributed by atoms with Gasteiger partial charge in [-0.25, -0.2) is 8.42 Å². The van der Waals surface area contributed by atoms with Crippen LogP contribution in [0.2, 0.25) is 0 Å². The Labute approximate surface area is 217 Å².